The first-order chi connectivity index (χ1) is 5.25. The maximum absolute atomic E-state index is 10.5. The van der Waals surface area contributed by atoms with Gasteiger partial charge in [0.25, 0.3) is 0 Å². The Bertz CT molecular complexity index is 130. The van der Waals surface area contributed by atoms with Crippen LogP contribution >= 0.6 is 0 Å². The molecular weight excluding hydrogens is 140 g/mol. The van der Waals surface area contributed by atoms with Gasteiger partial charge < -0.3 is 0 Å². The Morgan fingerprint density at radius 1 is 1.36 bits per heavy atom. The van der Waals surface area contributed by atoms with E-state index in [-0.39, 0.29) is 6.04 Å². The highest BCUT2D eigenvalue weighted by Gasteiger charge is 2.20. The summed E-state index contributed by atoms with van der Waals surface area (Å²) in [6, 6.07) is 0.241. The molecular formula is C8H15N2O. The van der Waals surface area contributed by atoms with Crippen LogP contribution in [-0.4, -0.2) is 35.6 Å². The number of nitrogens with zero attached hydrogens (tertiary/aromatic N) is 2. The highest BCUT2D eigenvalue weighted by atomic mass is 16.1. The van der Waals surface area contributed by atoms with E-state index in [4.69, 9.17) is 0 Å². The molecule has 0 bridgehead atoms. The summed E-state index contributed by atoms with van der Waals surface area (Å²) >= 11 is 0. The summed E-state index contributed by atoms with van der Waals surface area (Å²) < 4.78 is 0. The lowest BCUT2D eigenvalue weighted by molar-refractivity contribution is 0.0417. The fourth-order valence-electron chi connectivity index (χ4n) is 1.41. The number of rotatable bonds is 3. The van der Waals surface area contributed by atoms with Gasteiger partial charge in [0.15, 0.2) is 0 Å². The Hall–Kier alpha value is -0.570. The largest absolute Gasteiger partial charge is 0.328 e. The van der Waals surface area contributed by atoms with Crippen LogP contribution in [0, 0.1) is 0 Å². The smallest absolute Gasteiger partial charge is 0.264 e. The van der Waals surface area contributed by atoms with Crippen molar-refractivity contribution in [3.8, 4) is 0 Å². The summed E-state index contributed by atoms with van der Waals surface area (Å²) in [5.74, 6) is 0. The van der Waals surface area contributed by atoms with Crippen LogP contribution in [0.25, 0.3) is 0 Å². The molecule has 63 valence electrons. The monoisotopic (exact) mass is 155 g/mol. The summed E-state index contributed by atoms with van der Waals surface area (Å²) in [6.45, 7) is 6.02. The van der Waals surface area contributed by atoms with Gasteiger partial charge in [0.2, 0.25) is 0 Å². The Labute approximate surface area is 67.9 Å². The quantitative estimate of drug-likeness (QED) is 0.562. The number of hydrazine groups is 1. The number of hydrogen-bond donors (Lipinski definition) is 0. The molecule has 3 nitrogen and oxygen atoms in total. The predicted octanol–water partition coefficient (Wildman–Crippen LogP) is 0.775. The molecule has 0 N–H and O–H groups in total. The molecule has 11 heavy (non-hydrogen) atoms. The van der Waals surface area contributed by atoms with Gasteiger partial charge in [0, 0.05) is 19.1 Å². The second-order valence-electron chi connectivity index (χ2n) is 3.19. The number of amides is 1. The molecule has 1 fully saturated rings. The van der Waals surface area contributed by atoms with Crippen LogP contribution in [0.5, 0.6) is 0 Å². The summed E-state index contributed by atoms with van der Waals surface area (Å²) in [7, 11) is 0. The normalized spacial score (nSPS) is 19.2. The van der Waals surface area contributed by atoms with Crippen LogP contribution in [0.2, 0.25) is 0 Å². The van der Waals surface area contributed by atoms with E-state index >= 15 is 0 Å². The molecule has 0 spiro atoms. The van der Waals surface area contributed by atoms with E-state index in [1.165, 1.54) is 12.8 Å². The Balaban J connectivity index is 2.46. The van der Waals surface area contributed by atoms with Crippen LogP contribution in [0.4, 0.5) is 0 Å². The van der Waals surface area contributed by atoms with Crippen molar-refractivity contribution in [2.24, 2.45) is 0 Å². The van der Waals surface area contributed by atoms with Gasteiger partial charge in [-0.05, 0) is 26.7 Å². The SMILES string of the molecule is CC(C)N([C]=O)N1CCCC1. The standard InChI is InChI=1S/C8H15N2O/c1-8(2)10(7-11)9-5-3-4-6-9/h8H,3-6H2,1-2H3. The van der Waals surface area contributed by atoms with Gasteiger partial charge in [-0.2, -0.15) is 0 Å². The Kier molecular flexibility index (Phi) is 2.88. The molecule has 0 atom stereocenters. The van der Waals surface area contributed by atoms with Crippen LogP contribution in [-0.2, 0) is 4.79 Å². The molecule has 1 aliphatic rings. The van der Waals surface area contributed by atoms with Gasteiger partial charge in [-0.15, -0.1) is 0 Å². The van der Waals surface area contributed by atoms with Crippen LogP contribution in [0.15, 0.2) is 0 Å². The van der Waals surface area contributed by atoms with Crippen molar-refractivity contribution in [2.45, 2.75) is 32.7 Å². The molecule has 1 rings (SSSR count). The third kappa shape index (κ3) is 1.93. The molecule has 0 unspecified atom stereocenters. The van der Waals surface area contributed by atoms with Crippen LogP contribution < -0.4 is 0 Å². The van der Waals surface area contributed by atoms with E-state index in [1.54, 1.807) is 5.01 Å². The topological polar surface area (TPSA) is 23.6 Å². The number of hydrogen-bond acceptors (Lipinski definition) is 2. The second-order valence-corrected chi connectivity index (χ2v) is 3.19. The lowest BCUT2D eigenvalue weighted by Crippen LogP contribution is -2.43. The van der Waals surface area contributed by atoms with Crippen LogP contribution in [0.1, 0.15) is 26.7 Å². The third-order valence-corrected chi connectivity index (χ3v) is 1.97. The van der Waals surface area contributed by atoms with E-state index in [1.807, 2.05) is 20.3 Å². The third-order valence-electron chi connectivity index (χ3n) is 1.97. The minimum Gasteiger partial charge on any atom is -0.264 e. The van der Waals surface area contributed by atoms with Crippen molar-refractivity contribution in [2.75, 3.05) is 13.1 Å². The van der Waals surface area contributed by atoms with Gasteiger partial charge in [0.05, 0.1) is 0 Å². The molecule has 0 aliphatic carbocycles. The first kappa shape index (κ1) is 8.53. The average molecular weight is 155 g/mol. The van der Waals surface area contributed by atoms with Gasteiger partial charge in [-0.3, -0.25) is 9.80 Å². The Morgan fingerprint density at radius 2 is 1.91 bits per heavy atom. The van der Waals surface area contributed by atoms with Crippen molar-refractivity contribution in [1.82, 2.24) is 10.0 Å². The van der Waals surface area contributed by atoms with E-state index in [2.05, 4.69) is 5.01 Å². The summed E-state index contributed by atoms with van der Waals surface area (Å²) in [6.07, 6.45) is 4.35. The Morgan fingerprint density at radius 3 is 2.27 bits per heavy atom. The summed E-state index contributed by atoms with van der Waals surface area (Å²) in [5.41, 5.74) is 0. The molecule has 1 radical (unpaired) electrons. The van der Waals surface area contributed by atoms with E-state index in [9.17, 15) is 4.79 Å². The van der Waals surface area contributed by atoms with Crippen molar-refractivity contribution in [3.63, 3.8) is 0 Å². The lowest BCUT2D eigenvalue weighted by atomic mass is 10.4. The molecule has 1 amide bonds. The average Bonchev–Trinajstić information content (AvgIpc) is 2.40. The lowest BCUT2D eigenvalue weighted by Gasteiger charge is -2.30. The zero-order chi connectivity index (χ0) is 8.27. The highest BCUT2D eigenvalue weighted by Crippen LogP contribution is 2.11. The van der Waals surface area contributed by atoms with Gasteiger partial charge in [0.1, 0.15) is 0 Å². The maximum Gasteiger partial charge on any atom is 0.328 e. The molecule has 0 aromatic carbocycles. The molecule has 1 saturated heterocycles. The molecule has 0 aromatic heterocycles. The van der Waals surface area contributed by atoms with Gasteiger partial charge in [-0.1, -0.05) is 0 Å². The van der Waals surface area contributed by atoms with Gasteiger partial charge in [-0.25, -0.2) is 5.01 Å². The first-order valence-electron chi connectivity index (χ1n) is 4.17. The second kappa shape index (κ2) is 3.72. The zero-order valence-electron chi connectivity index (χ0n) is 7.21. The molecule has 1 aliphatic heterocycles. The molecule has 0 saturated carbocycles. The van der Waals surface area contributed by atoms with Crippen molar-refractivity contribution >= 4 is 6.41 Å². The highest BCUT2D eigenvalue weighted by molar-refractivity contribution is 5.47. The number of carbonyl (C=O) groups excluding carboxylic acids is 1. The maximum atomic E-state index is 10.5. The minimum absolute atomic E-state index is 0.241. The van der Waals surface area contributed by atoms with Gasteiger partial charge >= 0.3 is 6.41 Å². The van der Waals surface area contributed by atoms with Crippen molar-refractivity contribution in [1.29, 1.82) is 0 Å². The van der Waals surface area contributed by atoms with Crippen LogP contribution in [0.3, 0.4) is 0 Å². The summed E-state index contributed by atoms with van der Waals surface area (Å²) in [5, 5.41) is 3.73. The zero-order valence-corrected chi connectivity index (χ0v) is 7.21. The van der Waals surface area contributed by atoms with E-state index in [0.717, 1.165) is 13.1 Å². The van der Waals surface area contributed by atoms with E-state index < -0.39 is 0 Å². The fraction of sp³-hybridized carbons (Fsp3) is 0.875. The summed E-state index contributed by atoms with van der Waals surface area (Å²) in [4.78, 5) is 10.5. The predicted molar refractivity (Wildman–Crippen MR) is 43.5 cm³/mol. The first-order valence-corrected chi connectivity index (χ1v) is 4.17. The molecule has 1 heterocycles. The van der Waals surface area contributed by atoms with Crippen molar-refractivity contribution in [3.05, 3.63) is 0 Å². The van der Waals surface area contributed by atoms with Crippen molar-refractivity contribution < 1.29 is 4.79 Å². The molecule has 3 heteroatoms. The fourth-order valence-corrected chi connectivity index (χ4v) is 1.41. The molecule has 0 aromatic rings. The minimum atomic E-state index is 0.241. The van der Waals surface area contributed by atoms with E-state index in [0.29, 0.717) is 0 Å².